The number of aromatic nitrogens is 8. The molecular weight excluding hydrogens is 1660 g/mol. The van der Waals surface area contributed by atoms with Crippen LogP contribution in [0.2, 0.25) is 0 Å². The molecule has 0 amide bonds. The molecule has 0 aliphatic heterocycles. The molecule has 718 valence electrons. The van der Waals surface area contributed by atoms with Crippen molar-refractivity contribution in [1.29, 1.82) is 0 Å². The molecule has 24 rings (SSSR count). The van der Waals surface area contributed by atoms with E-state index in [1.165, 1.54) is 372 Å². The van der Waals surface area contributed by atoms with E-state index >= 15 is 0 Å². The maximum absolute atomic E-state index is 2.75. The van der Waals surface area contributed by atoms with Crippen LogP contribution in [-0.4, -0.2) is 18.3 Å². The van der Waals surface area contributed by atoms with Crippen molar-refractivity contribution >= 4 is 0 Å². The number of aryl methyl sites for hydroxylation is 7. The van der Waals surface area contributed by atoms with Gasteiger partial charge >= 0.3 is 0 Å². The third-order valence-corrected chi connectivity index (χ3v) is 38.5. The van der Waals surface area contributed by atoms with Crippen LogP contribution in [0.1, 0.15) is 390 Å². The molecule has 8 aromatic carbocycles. The Morgan fingerprint density at radius 1 is 0.263 bits per heavy atom. The molecule has 12 aliphatic rings. The minimum absolute atomic E-state index is 0.485. The van der Waals surface area contributed by atoms with Crippen LogP contribution in [0.5, 0.6) is 0 Å². The Balaban J connectivity index is 0.000000109. The van der Waals surface area contributed by atoms with Gasteiger partial charge in [0.25, 0.3) is 23.3 Å². The molecule has 12 aliphatic carbocycles. The van der Waals surface area contributed by atoms with Gasteiger partial charge in [0.05, 0.1) is 50.4 Å². The Hall–Kier alpha value is -9.40. The molecule has 8 nitrogen and oxygen atoms in total. The summed E-state index contributed by atoms with van der Waals surface area (Å²) < 4.78 is 20.0. The number of imidazole rings is 4. The number of para-hydroxylation sites is 1. The lowest BCUT2D eigenvalue weighted by Crippen LogP contribution is -2.36. The van der Waals surface area contributed by atoms with Gasteiger partial charge in [0, 0.05) is 57.3 Å². The fourth-order valence-electron chi connectivity index (χ4n) is 31.1. The van der Waals surface area contributed by atoms with Gasteiger partial charge in [-0.1, -0.05) is 254 Å². The predicted molar refractivity (Wildman–Crippen MR) is 567 cm³/mol. The van der Waals surface area contributed by atoms with Gasteiger partial charge in [-0.15, -0.1) is 0 Å². The van der Waals surface area contributed by atoms with Crippen molar-refractivity contribution in [1.82, 2.24) is 18.3 Å². The lowest BCUT2D eigenvalue weighted by atomic mass is 9.61. The van der Waals surface area contributed by atoms with Crippen molar-refractivity contribution < 1.29 is 18.3 Å². The van der Waals surface area contributed by atoms with E-state index in [2.05, 4.69) is 318 Å². The average Bonchev–Trinajstić information content (AvgIpc) is 1.63. The van der Waals surface area contributed by atoms with Crippen molar-refractivity contribution in [3.8, 4) is 68.3 Å². The van der Waals surface area contributed by atoms with Gasteiger partial charge in [-0.05, 0) is 337 Å². The first kappa shape index (κ1) is 93.9. The monoisotopic (exact) mass is 1830 g/mol. The summed E-state index contributed by atoms with van der Waals surface area (Å²) in [5, 5.41) is 0. The Morgan fingerprint density at radius 2 is 0.555 bits per heavy atom. The highest BCUT2D eigenvalue weighted by atomic mass is 15.2. The van der Waals surface area contributed by atoms with Crippen LogP contribution < -0.4 is 18.3 Å². The van der Waals surface area contributed by atoms with Gasteiger partial charge < -0.3 is 0 Å². The highest BCUT2D eigenvalue weighted by molar-refractivity contribution is 5.71. The second kappa shape index (κ2) is 37.9. The van der Waals surface area contributed by atoms with E-state index < -0.39 is 0 Å². The SMILES string of the molecule is Cc1ccccc1-c1n(-c2c(C(C)C)cc3c(c2C(C)C)CCC2(CCCC2)C3)cc[n+]1C.Cc1ccccc1-c1n(-c2c(C(C)C)cccc2C(C)C)c2c([n+]1C)CC1(CCCC1)C2.Cc1ccccc1-c1n(-c2c3c(cc4c2CCC2(CCCC2)C4)CC2(CCCC2)CC3)cc[n+]1C.Cc1ccccc1-c1n(-c2c3c(cc4c2CCC2(CCCCC2)C4)CC2(CCCCC2)CC3)cc[n+]1C. The fourth-order valence-corrected chi connectivity index (χ4v) is 31.1. The van der Waals surface area contributed by atoms with Crippen LogP contribution in [-0.2, 0) is 105 Å². The average molecular weight is 1830 g/mol. The number of rotatable bonds is 12. The summed E-state index contributed by atoms with van der Waals surface area (Å²) in [6.07, 6.45) is 73.5. The smallest absolute Gasteiger partial charge is 0.232 e. The summed E-state index contributed by atoms with van der Waals surface area (Å²) >= 11 is 0. The summed E-state index contributed by atoms with van der Waals surface area (Å²) in [6, 6.07) is 50.7. The van der Waals surface area contributed by atoms with Crippen LogP contribution in [0.25, 0.3) is 68.3 Å². The molecule has 0 bridgehead atoms. The van der Waals surface area contributed by atoms with Gasteiger partial charge in [-0.25, -0.2) is 18.3 Å². The van der Waals surface area contributed by atoms with E-state index in [1.807, 2.05) is 0 Å². The highest BCUT2D eigenvalue weighted by Gasteiger charge is 2.51. The van der Waals surface area contributed by atoms with Crippen molar-refractivity contribution in [3.05, 3.63) is 282 Å². The minimum Gasteiger partial charge on any atom is -0.232 e. The van der Waals surface area contributed by atoms with E-state index in [0.29, 0.717) is 56.2 Å². The van der Waals surface area contributed by atoms with Crippen molar-refractivity contribution in [2.75, 3.05) is 0 Å². The standard InChI is InChI=1S/C35H45N2.C33H41N2.C31H41N2.C30H39N2/c1-26-11-5-6-12-29(26)33-36(2)21-22-37(33)32-30-13-19-34(15-7-3-8-16-34)24-27(30)23-28-25-35(20-14-31(28)32)17-9-4-10-18-35;1-24-9-3-4-10-27(24)31-34(2)19-20-35(31)30-28-11-17-32(13-5-6-14-32)22-25(28)21-26-23-33(15-7-8-16-33)18-12-29(26)30;1-21(2)27-19-24-20-31(14-9-10-15-31)16-13-26(24)28(22(3)4)29(27)33-18-17-32(6)30(33)25-12-8-7-11-23(25)5;1-20(2)23-14-11-15-24(21(3)4)28(23)32-27-19-30(16-9-10-17-30)18-26(27)31(6)29(32)25-13-8-7-12-22(25)5/h5-6,11-12,21-23H,3-4,7-10,13-20,24-25H2,1-2H3;3-4,9-10,19-21H,5-8,11-18,22-23H2,1-2H3;7-8,11-12,17-19,21-22H,9-10,13-16,20H2,1-6H3;7-8,11-15,20-21H,9-10,16-19H2,1-6H3/q4*+1. The third-order valence-electron chi connectivity index (χ3n) is 38.5. The van der Waals surface area contributed by atoms with Gasteiger partial charge in [0.1, 0.15) is 65.6 Å². The second-order valence-corrected chi connectivity index (χ2v) is 48.6. The fraction of sp³-hybridized carbons (Fsp3) is 0.535. The van der Waals surface area contributed by atoms with Crippen LogP contribution in [0.3, 0.4) is 0 Å². The normalized spacial score (nSPS) is 19.8. The van der Waals surface area contributed by atoms with Crippen LogP contribution in [0.4, 0.5) is 0 Å². The van der Waals surface area contributed by atoms with E-state index in [0.717, 1.165) is 0 Å². The van der Waals surface area contributed by atoms with E-state index in [1.54, 1.807) is 84.0 Å². The zero-order valence-electron chi connectivity index (χ0n) is 87.5. The first-order valence-corrected chi connectivity index (χ1v) is 55.5. The molecule has 4 heterocycles. The lowest BCUT2D eigenvalue weighted by molar-refractivity contribution is -0.667. The summed E-state index contributed by atoms with van der Waals surface area (Å²) in [4.78, 5) is 0. The molecule has 6 saturated carbocycles. The first-order valence-electron chi connectivity index (χ1n) is 55.5. The molecule has 4 aromatic heterocycles. The first-order chi connectivity index (χ1) is 66.3. The molecule has 6 spiro atoms. The van der Waals surface area contributed by atoms with Crippen LogP contribution in [0.15, 0.2) is 171 Å². The van der Waals surface area contributed by atoms with Crippen molar-refractivity contribution in [2.45, 2.75) is 383 Å². The van der Waals surface area contributed by atoms with E-state index in [4.69, 9.17) is 0 Å². The second-order valence-electron chi connectivity index (χ2n) is 48.6. The summed E-state index contributed by atoms with van der Waals surface area (Å²) in [5.41, 5.74) is 46.3. The van der Waals surface area contributed by atoms with Crippen molar-refractivity contribution in [2.24, 2.45) is 60.7 Å². The van der Waals surface area contributed by atoms with Gasteiger partial charge in [0.2, 0.25) is 0 Å². The molecule has 8 heteroatoms. The molecule has 6 fully saturated rings. The highest BCUT2D eigenvalue weighted by Crippen LogP contribution is 2.59. The van der Waals surface area contributed by atoms with Crippen molar-refractivity contribution in [3.63, 3.8) is 0 Å². The molecule has 0 atom stereocenters. The topological polar surface area (TPSA) is 35.2 Å². The Labute approximate surface area is 825 Å². The summed E-state index contributed by atoms with van der Waals surface area (Å²) in [7, 11) is 8.96. The summed E-state index contributed by atoms with van der Waals surface area (Å²) in [5.74, 6) is 7.27. The van der Waals surface area contributed by atoms with Gasteiger partial charge in [0.15, 0.2) is 5.69 Å². The van der Waals surface area contributed by atoms with Crippen LogP contribution in [0, 0.1) is 60.2 Å². The molecule has 0 unspecified atom stereocenters. The summed E-state index contributed by atoms with van der Waals surface area (Å²) in [6.45, 7) is 28.0. The zero-order valence-corrected chi connectivity index (χ0v) is 87.5. The third kappa shape index (κ3) is 17.3. The molecule has 12 aromatic rings. The minimum atomic E-state index is 0.485. The Bertz CT molecular complexity index is 6350. The largest absolute Gasteiger partial charge is 0.294 e. The molecular formula is C129H166N8+4. The van der Waals surface area contributed by atoms with E-state index in [9.17, 15) is 0 Å². The molecule has 137 heavy (non-hydrogen) atoms. The van der Waals surface area contributed by atoms with Crippen LogP contribution >= 0.6 is 0 Å². The van der Waals surface area contributed by atoms with Gasteiger partial charge in [-0.3, -0.25) is 0 Å². The number of benzene rings is 8. The molecule has 0 radical (unpaired) electrons. The lowest BCUT2D eigenvalue weighted by Gasteiger charge is -2.44. The quantitative estimate of drug-likeness (QED) is 0.109. The number of nitrogens with zero attached hydrogens (tertiary/aromatic N) is 8. The zero-order chi connectivity index (χ0) is 94.6. The maximum Gasteiger partial charge on any atom is 0.294 e. The van der Waals surface area contributed by atoms with Gasteiger partial charge in [-0.2, -0.15) is 18.3 Å². The number of hydrogen-bond acceptors (Lipinski definition) is 0. The predicted octanol–water partition coefficient (Wildman–Crippen LogP) is 30.3. The molecule has 0 N–H and O–H groups in total. The number of fused-ring (bicyclic) bond motifs is 6. The Morgan fingerprint density at radius 3 is 0.876 bits per heavy atom. The Kier molecular flexibility index (Phi) is 26.0. The number of hydrogen-bond donors (Lipinski definition) is 0. The molecule has 0 saturated heterocycles. The maximum atomic E-state index is 2.75. The van der Waals surface area contributed by atoms with E-state index in [-0.39, 0.29) is 0 Å².